The number of benzene rings is 1. The van der Waals surface area contributed by atoms with Gasteiger partial charge in [-0.3, -0.25) is 0 Å². The first-order chi connectivity index (χ1) is 9.74. The standard InChI is InChI=1S/C15H16N4S/c1-19(7-6-12-3-2-8-20-12)15-13-9-11(16)4-5-14(13)17-10-18-15/h2-5,8-10H,6-7,16H2,1H3. The fraction of sp³-hybridized carbons (Fsp3) is 0.200. The van der Waals surface area contributed by atoms with E-state index in [-0.39, 0.29) is 0 Å². The summed E-state index contributed by atoms with van der Waals surface area (Å²) in [4.78, 5) is 12.2. The number of aromatic nitrogens is 2. The molecule has 0 saturated heterocycles. The number of nitrogens with two attached hydrogens (primary N) is 1. The van der Waals surface area contributed by atoms with Crippen molar-refractivity contribution in [3.05, 3.63) is 46.9 Å². The Bertz CT molecular complexity index is 709. The molecule has 0 amide bonds. The zero-order valence-electron chi connectivity index (χ0n) is 11.3. The molecule has 0 aliphatic carbocycles. The van der Waals surface area contributed by atoms with Gasteiger partial charge in [0.25, 0.3) is 0 Å². The molecule has 102 valence electrons. The van der Waals surface area contributed by atoms with Crippen LogP contribution in [-0.2, 0) is 6.42 Å². The summed E-state index contributed by atoms with van der Waals surface area (Å²) in [6.07, 6.45) is 2.62. The molecule has 0 fully saturated rings. The van der Waals surface area contributed by atoms with Crippen LogP contribution in [-0.4, -0.2) is 23.6 Å². The summed E-state index contributed by atoms with van der Waals surface area (Å²) in [5, 5.41) is 3.11. The number of thiophene rings is 1. The number of anilines is 2. The van der Waals surface area contributed by atoms with E-state index in [2.05, 4.69) is 39.4 Å². The Labute approximate surface area is 121 Å². The largest absolute Gasteiger partial charge is 0.399 e. The zero-order valence-corrected chi connectivity index (χ0v) is 12.1. The summed E-state index contributed by atoms with van der Waals surface area (Å²) < 4.78 is 0. The molecule has 0 atom stereocenters. The highest BCUT2D eigenvalue weighted by molar-refractivity contribution is 7.09. The van der Waals surface area contributed by atoms with E-state index in [9.17, 15) is 0 Å². The van der Waals surface area contributed by atoms with Crippen molar-refractivity contribution in [3.63, 3.8) is 0 Å². The normalized spacial score (nSPS) is 10.8. The molecule has 4 nitrogen and oxygen atoms in total. The third-order valence-corrected chi connectivity index (χ3v) is 4.21. The van der Waals surface area contributed by atoms with Crippen molar-refractivity contribution >= 4 is 33.7 Å². The maximum absolute atomic E-state index is 5.87. The number of rotatable bonds is 4. The molecule has 2 heterocycles. The molecule has 3 aromatic rings. The summed E-state index contributed by atoms with van der Waals surface area (Å²) in [6, 6.07) is 9.98. The van der Waals surface area contributed by atoms with E-state index < -0.39 is 0 Å². The van der Waals surface area contributed by atoms with E-state index in [1.54, 1.807) is 17.7 Å². The molecule has 2 N–H and O–H groups in total. The topological polar surface area (TPSA) is 55.0 Å². The van der Waals surface area contributed by atoms with Crippen LogP contribution in [0.4, 0.5) is 11.5 Å². The molecule has 0 bridgehead atoms. The average molecular weight is 284 g/mol. The van der Waals surface area contributed by atoms with E-state index in [1.165, 1.54) is 4.88 Å². The van der Waals surface area contributed by atoms with Gasteiger partial charge in [0.05, 0.1) is 5.52 Å². The third kappa shape index (κ3) is 2.58. The lowest BCUT2D eigenvalue weighted by Gasteiger charge is -2.19. The average Bonchev–Trinajstić information content (AvgIpc) is 2.97. The molecule has 0 spiro atoms. The fourth-order valence-corrected chi connectivity index (χ4v) is 2.90. The minimum absolute atomic E-state index is 0.736. The summed E-state index contributed by atoms with van der Waals surface area (Å²) in [5.74, 6) is 0.929. The number of hydrogen-bond donors (Lipinski definition) is 1. The molecule has 20 heavy (non-hydrogen) atoms. The van der Waals surface area contributed by atoms with Crippen LogP contribution in [0.1, 0.15) is 4.88 Å². The van der Waals surface area contributed by atoms with Gasteiger partial charge in [-0.05, 0) is 36.1 Å². The van der Waals surface area contributed by atoms with E-state index >= 15 is 0 Å². The first kappa shape index (κ1) is 12.9. The lowest BCUT2D eigenvalue weighted by Crippen LogP contribution is -2.21. The minimum atomic E-state index is 0.736. The molecule has 3 rings (SSSR count). The monoisotopic (exact) mass is 284 g/mol. The van der Waals surface area contributed by atoms with E-state index in [0.29, 0.717) is 0 Å². The van der Waals surface area contributed by atoms with Gasteiger partial charge in [0.2, 0.25) is 0 Å². The number of hydrogen-bond acceptors (Lipinski definition) is 5. The van der Waals surface area contributed by atoms with Crippen LogP contribution in [0.15, 0.2) is 42.0 Å². The Morgan fingerprint density at radius 1 is 1.25 bits per heavy atom. The Kier molecular flexibility index (Phi) is 3.52. The summed E-state index contributed by atoms with van der Waals surface area (Å²) in [7, 11) is 2.05. The number of fused-ring (bicyclic) bond motifs is 1. The van der Waals surface area contributed by atoms with Crippen LogP contribution >= 0.6 is 11.3 Å². The summed E-state index contributed by atoms with van der Waals surface area (Å²) in [5.41, 5.74) is 7.53. The number of nitrogen functional groups attached to an aromatic ring is 1. The van der Waals surface area contributed by atoms with Crippen LogP contribution in [0.3, 0.4) is 0 Å². The zero-order chi connectivity index (χ0) is 13.9. The van der Waals surface area contributed by atoms with Crippen molar-refractivity contribution in [2.75, 3.05) is 24.2 Å². The van der Waals surface area contributed by atoms with Crippen molar-refractivity contribution in [2.24, 2.45) is 0 Å². The Balaban J connectivity index is 1.87. The lowest BCUT2D eigenvalue weighted by atomic mass is 10.2. The summed E-state index contributed by atoms with van der Waals surface area (Å²) >= 11 is 1.79. The van der Waals surface area contributed by atoms with Crippen LogP contribution in [0.2, 0.25) is 0 Å². The van der Waals surface area contributed by atoms with E-state index in [1.807, 2.05) is 18.2 Å². The molecule has 1 aromatic carbocycles. The van der Waals surface area contributed by atoms with Gasteiger partial charge in [-0.25, -0.2) is 9.97 Å². The lowest BCUT2D eigenvalue weighted by molar-refractivity contribution is 0.871. The maximum atomic E-state index is 5.87. The molecule has 2 aromatic heterocycles. The van der Waals surface area contributed by atoms with Gasteiger partial charge in [0.1, 0.15) is 12.1 Å². The minimum Gasteiger partial charge on any atom is -0.399 e. The van der Waals surface area contributed by atoms with Gasteiger partial charge in [-0.15, -0.1) is 11.3 Å². The molecular formula is C15H16N4S. The fourth-order valence-electron chi connectivity index (χ4n) is 2.20. The third-order valence-electron chi connectivity index (χ3n) is 3.27. The van der Waals surface area contributed by atoms with Crippen LogP contribution in [0.25, 0.3) is 10.9 Å². The van der Waals surface area contributed by atoms with Crippen molar-refractivity contribution in [1.82, 2.24) is 9.97 Å². The van der Waals surface area contributed by atoms with Gasteiger partial charge in [0.15, 0.2) is 0 Å². The van der Waals surface area contributed by atoms with Crippen molar-refractivity contribution < 1.29 is 0 Å². The van der Waals surface area contributed by atoms with Gasteiger partial charge in [-0.2, -0.15) is 0 Å². The second kappa shape index (κ2) is 5.46. The van der Waals surface area contributed by atoms with Crippen molar-refractivity contribution in [2.45, 2.75) is 6.42 Å². The molecule has 0 radical (unpaired) electrons. The van der Waals surface area contributed by atoms with Crippen LogP contribution < -0.4 is 10.6 Å². The molecule has 0 unspecified atom stereocenters. The molecule has 0 saturated carbocycles. The Morgan fingerprint density at radius 3 is 2.95 bits per heavy atom. The molecule has 0 aliphatic heterocycles. The second-order valence-corrected chi connectivity index (χ2v) is 5.76. The van der Waals surface area contributed by atoms with Crippen molar-refractivity contribution in [3.8, 4) is 0 Å². The SMILES string of the molecule is CN(CCc1cccs1)c1ncnc2ccc(N)cc12. The highest BCUT2D eigenvalue weighted by atomic mass is 32.1. The highest BCUT2D eigenvalue weighted by Gasteiger charge is 2.09. The van der Waals surface area contributed by atoms with Crippen LogP contribution in [0.5, 0.6) is 0 Å². The van der Waals surface area contributed by atoms with Gasteiger partial charge in [-0.1, -0.05) is 6.07 Å². The smallest absolute Gasteiger partial charge is 0.139 e. The quantitative estimate of drug-likeness (QED) is 0.748. The maximum Gasteiger partial charge on any atom is 0.139 e. The Hall–Kier alpha value is -2.14. The first-order valence-electron chi connectivity index (χ1n) is 6.48. The van der Waals surface area contributed by atoms with E-state index in [0.717, 1.165) is 35.4 Å². The van der Waals surface area contributed by atoms with Crippen LogP contribution in [0, 0.1) is 0 Å². The van der Waals surface area contributed by atoms with Gasteiger partial charge >= 0.3 is 0 Å². The highest BCUT2D eigenvalue weighted by Crippen LogP contribution is 2.24. The van der Waals surface area contributed by atoms with Crippen molar-refractivity contribution in [1.29, 1.82) is 0 Å². The molecular weight excluding hydrogens is 268 g/mol. The predicted molar refractivity (Wildman–Crippen MR) is 85.2 cm³/mol. The molecule has 0 aliphatic rings. The van der Waals surface area contributed by atoms with Gasteiger partial charge < -0.3 is 10.6 Å². The van der Waals surface area contributed by atoms with E-state index in [4.69, 9.17) is 5.73 Å². The Morgan fingerprint density at radius 2 is 2.15 bits per heavy atom. The summed E-state index contributed by atoms with van der Waals surface area (Å²) in [6.45, 7) is 0.918. The molecule has 5 heteroatoms. The number of nitrogens with zero attached hydrogens (tertiary/aromatic N) is 3. The second-order valence-electron chi connectivity index (χ2n) is 4.72. The van der Waals surface area contributed by atoms with Gasteiger partial charge in [0, 0.05) is 29.5 Å². The number of likely N-dealkylation sites (N-methyl/N-ethyl adjacent to an activating group) is 1. The first-order valence-corrected chi connectivity index (χ1v) is 7.36. The predicted octanol–water partition coefficient (Wildman–Crippen LogP) is 2.95.